The van der Waals surface area contributed by atoms with Gasteiger partial charge in [-0.2, -0.15) is 0 Å². The van der Waals surface area contributed by atoms with Crippen molar-refractivity contribution < 1.29 is 21.3 Å². The molecule has 3 aromatic rings. The summed E-state index contributed by atoms with van der Waals surface area (Å²) in [6, 6.07) is 11.1. The summed E-state index contributed by atoms with van der Waals surface area (Å²) in [5, 5.41) is 2.31. The van der Waals surface area contributed by atoms with Gasteiger partial charge in [-0.15, -0.1) is 0 Å². The molecule has 0 aliphatic rings. The van der Waals surface area contributed by atoms with Crippen LogP contribution in [0.25, 0.3) is 11.3 Å². The number of hydrogen-bond donors (Lipinski definition) is 1. The van der Waals surface area contributed by atoms with Gasteiger partial charge in [0.1, 0.15) is 11.6 Å². The molecule has 3 rings (SSSR count). The second-order valence-electron chi connectivity index (χ2n) is 5.35. The van der Waals surface area contributed by atoms with Gasteiger partial charge in [0.15, 0.2) is 0 Å². The van der Waals surface area contributed by atoms with Crippen molar-refractivity contribution >= 4 is 10.0 Å². The van der Waals surface area contributed by atoms with E-state index in [0.29, 0.717) is 11.1 Å². The lowest BCUT2D eigenvalue weighted by molar-refractivity contribution is 0.586. The standard InChI is InChI=1S/C18H16F2N2O2S/c1-21-11-13-9-18(14-3-2-4-16(20)10-14)22(12-13)25(23,24)17-7-5-15(19)6-8-17/h2-10,12,21H,11H2,1H3/i1D3. The van der Waals surface area contributed by atoms with E-state index in [1.165, 1.54) is 36.5 Å². The quantitative estimate of drug-likeness (QED) is 0.754. The van der Waals surface area contributed by atoms with Crippen molar-refractivity contribution in [2.75, 3.05) is 6.98 Å². The maximum atomic E-state index is 13.7. The summed E-state index contributed by atoms with van der Waals surface area (Å²) < 4.78 is 75.6. The Hall–Kier alpha value is -2.51. The molecule has 1 aromatic heterocycles. The number of halogens is 2. The van der Waals surface area contributed by atoms with Gasteiger partial charge >= 0.3 is 0 Å². The maximum Gasteiger partial charge on any atom is 0.268 e. The van der Waals surface area contributed by atoms with Crippen molar-refractivity contribution in [3.63, 3.8) is 0 Å². The highest BCUT2D eigenvalue weighted by Crippen LogP contribution is 2.27. The number of hydrogen-bond acceptors (Lipinski definition) is 3. The Labute approximate surface area is 149 Å². The Morgan fingerprint density at radius 3 is 2.52 bits per heavy atom. The van der Waals surface area contributed by atoms with Gasteiger partial charge in [-0.05, 0) is 55.0 Å². The van der Waals surface area contributed by atoms with Crippen LogP contribution in [0.5, 0.6) is 0 Å². The molecule has 0 aliphatic heterocycles. The first-order valence-electron chi connectivity index (χ1n) is 8.80. The summed E-state index contributed by atoms with van der Waals surface area (Å²) in [7, 11) is -4.12. The zero-order valence-electron chi connectivity index (χ0n) is 15.9. The monoisotopic (exact) mass is 365 g/mol. The van der Waals surface area contributed by atoms with Crippen molar-refractivity contribution in [2.24, 2.45) is 0 Å². The van der Waals surface area contributed by atoms with Crippen LogP contribution >= 0.6 is 0 Å². The summed E-state index contributed by atoms with van der Waals surface area (Å²) >= 11 is 0. The van der Waals surface area contributed by atoms with Gasteiger partial charge in [-0.3, -0.25) is 0 Å². The zero-order valence-corrected chi connectivity index (χ0v) is 13.7. The number of aromatic nitrogens is 1. The largest absolute Gasteiger partial charge is 0.316 e. The van der Waals surface area contributed by atoms with E-state index < -0.39 is 28.6 Å². The second-order valence-corrected chi connectivity index (χ2v) is 7.17. The molecule has 0 radical (unpaired) electrons. The van der Waals surface area contributed by atoms with E-state index in [9.17, 15) is 17.2 Å². The molecular formula is C18H16F2N2O2S. The van der Waals surface area contributed by atoms with Crippen LogP contribution < -0.4 is 5.32 Å². The SMILES string of the molecule is [2H]C([2H])([2H])NCc1cc(-c2cccc(F)c2)n(S(=O)(=O)c2ccc(F)cc2)c1. The Bertz CT molecular complexity index is 1090. The summed E-state index contributed by atoms with van der Waals surface area (Å²) in [6.45, 7) is -2.53. The third-order valence-electron chi connectivity index (χ3n) is 3.63. The lowest BCUT2D eigenvalue weighted by atomic mass is 10.1. The molecule has 2 aromatic carbocycles. The average molecular weight is 365 g/mol. The summed E-state index contributed by atoms with van der Waals surface area (Å²) in [4.78, 5) is -0.155. The van der Waals surface area contributed by atoms with E-state index in [2.05, 4.69) is 5.32 Å². The molecule has 0 fully saturated rings. The van der Waals surface area contributed by atoms with Crippen molar-refractivity contribution in [1.82, 2.24) is 9.29 Å². The van der Waals surface area contributed by atoms with Gasteiger partial charge in [-0.1, -0.05) is 12.1 Å². The average Bonchev–Trinajstić information content (AvgIpc) is 3.05. The highest BCUT2D eigenvalue weighted by Gasteiger charge is 2.22. The number of rotatable bonds is 5. The predicted molar refractivity (Wildman–Crippen MR) is 91.6 cm³/mol. The third kappa shape index (κ3) is 3.47. The van der Waals surface area contributed by atoms with Crippen LogP contribution in [0.15, 0.2) is 65.7 Å². The summed E-state index contributed by atoms with van der Waals surface area (Å²) in [6.07, 6.45) is 1.26. The van der Waals surface area contributed by atoms with Crippen LogP contribution in [0.3, 0.4) is 0 Å². The van der Waals surface area contributed by atoms with Crippen LogP contribution in [0, 0.1) is 11.6 Å². The number of nitrogens with zero attached hydrogens (tertiary/aromatic N) is 1. The van der Waals surface area contributed by atoms with Gasteiger partial charge in [-0.25, -0.2) is 21.2 Å². The van der Waals surface area contributed by atoms with Crippen LogP contribution in [0.1, 0.15) is 9.68 Å². The minimum Gasteiger partial charge on any atom is -0.316 e. The van der Waals surface area contributed by atoms with Crippen molar-refractivity contribution in [3.05, 3.63) is 78.0 Å². The molecule has 1 N–H and O–H groups in total. The first kappa shape index (κ1) is 13.7. The lowest BCUT2D eigenvalue weighted by Gasteiger charge is -2.11. The van der Waals surface area contributed by atoms with E-state index in [1.807, 2.05) is 0 Å². The summed E-state index contributed by atoms with van der Waals surface area (Å²) in [5.74, 6) is -1.13. The van der Waals surface area contributed by atoms with E-state index in [4.69, 9.17) is 4.11 Å². The highest BCUT2D eigenvalue weighted by molar-refractivity contribution is 7.90. The molecule has 4 nitrogen and oxygen atoms in total. The number of nitrogens with one attached hydrogen (secondary N) is 1. The molecule has 7 heteroatoms. The molecule has 0 bridgehead atoms. The van der Waals surface area contributed by atoms with Gasteiger partial charge in [0.2, 0.25) is 0 Å². The first-order chi connectivity index (χ1) is 13.1. The Kier molecular flexibility index (Phi) is 3.73. The smallest absolute Gasteiger partial charge is 0.268 e. The maximum absolute atomic E-state index is 13.7. The van der Waals surface area contributed by atoms with Crippen LogP contribution in [-0.2, 0) is 16.6 Å². The topological polar surface area (TPSA) is 51.1 Å². The second kappa shape index (κ2) is 6.78. The Morgan fingerprint density at radius 1 is 1.08 bits per heavy atom. The molecule has 0 saturated carbocycles. The van der Waals surface area contributed by atoms with Gasteiger partial charge in [0.25, 0.3) is 10.0 Å². The Morgan fingerprint density at radius 2 is 1.84 bits per heavy atom. The zero-order chi connectivity index (χ0) is 20.5. The van der Waals surface area contributed by atoms with Gasteiger partial charge in [0, 0.05) is 22.4 Å². The fourth-order valence-corrected chi connectivity index (χ4v) is 3.87. The molecular weight excluding hydrogens is 346 g/mol. The van der Waals surface area contributed by atoms with E-state index in [1.54, 1.807) is 0 Å². The van der Waals surface area contributed by atoms with Crippen molar-refractivity contribution in [2.45, 2.75) is 11.4 Å². The molecule has 1 heterocycles. The van der Waals surface area contributed by atoms with E-state index in [0.717, 1.165) is 28.2 Å². The Balaban J connectivity index is 2.12. The number of benzene rings is 2. The fourth-order valence-electron chi connectivity index (χ4n) is 2.47. The van der Waals surface area contributed by atoms with Crippen LogP contribution in [0.2, 0.25) is 0 Å². The van der Waals surface area contributed by atoms with Crippen molar-refractivity contribution in [1.29, 1.82) is 0 Å². The molecule has 0 aliphatic carbocycles. The molecule has 0 spiro atoms. The molecule has 0 amide bonds. The third-order valence-corrected chi connectivity index (χ3v) is 5.31. The van der Waals surface area contributed by atoms with Crippen molar-refractivity contribution in [3.8, 4) is 11.3 Å². The van der Waals surface area contributed by atoms with E-state index in [-0.39, 0.29) is 17.1 Å². The highest BCUT2D eigenvalue weighted by atomic mass is 32.2. The predicted octanol–water partition coefficient (Wildman–Crippen LogP) is 3.39. The molecule has 0 atom stereocenters. The van der Waals surface area contributed by atoms with Gasteiger partial charge in [0.05, 0.1) is 10.6 Å². The molecule has 25 heavy (non-hydrogen) atoms. The van der Waals surface area contributed by atoms with Gasteiger partial charge < -0.3 is 5.32 Å². The minimum atomic E-state index is -4.12. The lowest BCUT2D eigenvalue weighted by Crippen LogP contribution is -2.13. The first-order valence-corrected chi connectivity index (χ1v) is 8.74. The minimum absolute atomic E-state index is 0.120. The fraction of sp³-hybridized carbons (Fsp3) is 0.111. The van der Waals surface area contributed by atoms with Crippen LogP contribution in [-0.4, -0.2) is 19.4 Å². The molecule has 130 valence electrons. The molecule has 0 unspecified atom stereocenters. The normalized spacial score (nSPS) is 13.9. The summed E-state index contributed by atoms with van der Waals surface area (Å²) in [5.41, 5.74) is 0.832. The molecule has 0 saturated heterocycles. The van der Waals surface area contributed by atoms with E-state index >= 15 is 0 Å². The van der Waals surface area contributed by atoms with Crippen LogP contribution in [0.4, 0.5) is 8.78 Å².